The number of nitrogens with zero attached hydrogens (tertiary/aromatic N) is 7. The van der Waals surface area contributed by atoms with Gasteiger partial charge in [0.25, 0.3) is 0 Å². The van der Waals surface area contributed by atoms with Crippen LogP contribution in [0, 0.1) is 0 Å². The minimum atomic E-state index is -5.08. The molecule has 1 N–H and O–H groups in total. The Morgan fingerprint density at radius 3 is 2.42 bits per heavy atom. The number of carbonyl (C=O) groups is 2. The van der Waals surface area contributed by atoms with Gasteiger partial charge in [-0.15, -0.1) is 5.10 Å². The summed E-state index contributed by atoms with van der Waals surface area (Å²) in [6, 6.07) is 0. The number of amides is 1. The number of rotatable bonds is 5. The van der Waals surface area contributed by atoms with E-state index >= 15 is 0 Å². The lowest BCUT2D eigenvalue weighted by atomic mass is 10.1. The zero-order valence-corrected chi connectivity index (χ0v) is 17.2. The Kier molecular flexibility index (Phi) is 8.42. The normalized spacial score (nSPS) is 13.8. The molecule has 170 valence electrons. The van der Waals surface area contributed by atoms with Crippen molar-refractivity contribution >= 4 is 11.9 Å². The minimum Gasteiger partial charge on any atom is -0.475 e. The first-order valence-corrected chi connectivity index (χ1v) is 9.45. The van der Waals surface area contributed by atoms with Crippen LogP contribution in [0.15, 0.2) is 18.7 Å². The Morgan fingerprint density at radius 2 is 1.84 bits per heavy atom. The second-order valence-electron chi connectivity index (χ2n) is 7.16. The van der Waals surface area contributed by atoms with Crippen molar-refractivity contribution in [1.29, 1.82) is 0 Å². The molecule has 0 spiro atoms. The van der Waals surface area contributed by atoms with Gasteiger partial charge in [0.15, 0.2) is 0 Å². The molecule has 3 heterocycles. The summed E-state index contributed by atoms with van der Waals surface area (Å²) in [7, 11) is 4.01. The van der Waals surface area contributed by atoms with E-state index in [0.717, 1.165) is 43.0 Å². The van der Waals surface area contributed by atoms with Gasteiger partial charge in [-0.2, -0.15) is 13.2 Å². The highest BCUT2D eigenvalue weighted by molar-refractivity contribution is 5.76. The lowest BCUT2D eigenvalue weighted by molar-refractivity contribution is -0.192. The van der Waals surface area contributed by atoms with E-state index in [1.807, 2.05) is 23.7 Å². The van der Waals surface area contributed by atoms with E-state index < -0.39 is 12.1 Å². The molecule has 0 aliphatic carbocycles. The molecule has 0 fully saturated rings. The van der Waals surface area contributed by atoms with E-state index in [-0.39, 0.29) is 5.91 Å². The maximum Gasteiger partial charge on any atom is 0.490 e. The van der Waals surface area contributed by atoms with Gasteiger partial charge in [-0.25, -0.2) is 19.4 Å². The van der Waals surface area contributed by atoms with Crippen LogP contribution < -0.4 is 0 Å². The number of fused-ring (bicyclic) bond motifs is 1. The van der Waals surface area contributed by atoms with Crippen LogP contribution in [0.5, 0.6) is 0 Å². The summed E-state index contributed by atoms with van der Waals surface area (Å²) >= 11 is 0. The van der Waals surface area contributed by atoms with Crippen molar-refractivity contribution in [3.05, 3.63) is 35.7 Å². The number of hydrogen-bond donors (Lipinski definition) is 1. The number of aryl methyl sites for hydroxylation is 2. The van der Waals surface area contributed by atoms with Gasteiger partial charge in [0.2, 0.25) is 5.91 Å². The topological polar surface area (TPSA) is 117 Å². The van der Waals surface area contributed by atoms with Crippen LogP contribution in [0.4, 0.5) is 13.2 Å². The van der Waals surface area contributed by atoms with Gasteiger partial charge in [0.05, 0.1) is 12.2 Å². The van der Waals surface area contributed by atoms with Crippen LogP contribution >= 0.6 is 0 Å². The summed E-state index contributed by atoms with van der Waals surface area (Å²) in [5.74, 6) is -2.60. The highest BCUT2D eigenvalue weighted by Gasteiger charge is 2.38. The van der Waals surface area contributed by atoms with Crippen LogP contribution in [0.25, 0.3) is 0 Å². The smallest absolute Gasteiger partial charge is 0.475 e. The third-order valence-corrected chi connectivity index (χ3v) is 4.36. The quantitative estimate of drug-likeness (QED) is 0.731. The van der Waals surface area contributed by atoms with Crippen LogP contribution in [0.2, 0.25) is 0 Å². The standard InChI is InChI=1S/C16H23N7O.C2HF3O2/c1-21(2)10-14-15-11-22(6-3-7-23(15)20-19-14)16(24)5-4-13-8-17-12-18-9-13;3-2(4,5)1(6)7/h8-9,12H,3-7,10-11H2,1-2H3;(H,6,7). The van der Waals surface area contributed by atoms with Gasteiger partial charge in [-0.3, -0.25) is 4.79 Å². The number of alkyl halides is 3. The van der Waals surface area contributed by atoms with Crippen molar-refractivity contribution in [3.63, 3.8) is 0 Å². The van der Waals surface area contributed by atoms with E-state index in [2.05, 4.69) is 25.2 Å². The molecule has 31 heavy (non-hydrogen) atoms. The lowest BCUT2D eigenvalue weighted by Crippen LogP contribution is -2.31. The molecular weight excluding hydrogens is 419 g/mol. The highest BCUT2D eigenvalue weighted by atomic mass is 19.4. The van der Waals surface area contributed by atoms with Crippen molar-refractivity contribution in [1.82, 2.24) is 34.8 Å². The van der Waals surface area contributed by atoms with Crippen molar-refractivity contribution < 1.29 is 27.9 Å². The summed E-state index contributed by atoms with van der Waals surface area (Å²) in [5.41, 5.74) is 2.99. The zero-order chi connectivity index (χ0) is 23.0. The molecule has 0 atom stereocenters. The highest BCUT2D eigenvalue weighted by Crippen LogP contribution is 2.17. The molecular formula is C18H24F3N7O3. The molecule has 2 aromatic rings. The summed E-state index contributed by atoms with van der Waals surface area (Å²) in [5, 5.41) is 15.7. The zero-order valence-electron chi connectivity index (χ0n) is 17.2. The fourth-order valence-corrected chi connectivity index (χ4v) is 2.90. The van der Waals surface area contributed by atoms with Crippen LogP contribution in [-0.2, 0) is 35.6 Å². The van der Waals surface area contributed by atoms with Crippen molar-refractivity contribution in [2.45, 2.75) is 45.1 Å². The second kappa shape index (κ2) is 10.8. The summed E-state index contributed by atoms with van der Waals surface area (Å²) < 4.78 is 33.7. The van der Waals surface area contributed by atoms with Gasteiger partial charge in [0, 0.05) is 38.4 Å². The third kappa shape index (κ3) is 7.59. The number of hydrogen-bond acceptors (Lipinski definition) is 7. The van der Waals surface area contributed by atoms with E-state index in [9.17, 15) is 18.0 Å². The first kappa shape index (κ1) is 24.2. The maximum absolute atomic E-state index is 12.6. The van der Waals surface area contributed by atoms with Gasteiger partial charge >= 0.3 is 12.1 Å². The van der Waals surface area contributed by atoms with E-state index in [0.29, 0.717) is 19.4 Å². The van der Waals surface area contributed by atoms with Crippen molar-refractivity contribution in [3.8, 4) is 0 Å². The molecule has 1 amide bonds. The van der Waals surface area contributed by atoms with Crippen LogP contribution in [0.3, 0.4) is 0 Å². The Bertz CT molecular complexity index is 872. The Hall–Kier alpha value is -3.09. The number of carbonyl (C=O) groups excluding carboxylic acids is 1. The lowest BCUT2D eigenvalue weighted by Gasteiger charge is -2.20. The molecule has 0 aromatic carbocycles. The molecule has 0 saturated carbocycles. The van der Waals surface area contributed by atoms with E-state index in [1.54, 1.807) is 12.4 Å². The average molecular weight is 443 g/mol. The number of carboxylic acids is 1. The predicted octanol–water partition coefficient (Wildman–Crippen LogP) is 1.13. The largest absolute Gasteiger partial charge is 0.490 e. The van der Waals surface area contributed by atoms with Crippen molar-refractivity contribution in [2.75, 3.05) is 20.6 Å². The Morgan fingerprint density at radius 1 is 1.19 bits per heavy atom. The molecule has 1 aliphatic heterocycles. The SMILES string of the molecule is CN(C)Cc1nnn2c1CN(C(=O)CCc1cncnc1)CCC2.O=C(O)C(F)(F)F. The molecule has 0 radical (unpaired) electrons. The van der Waals surface area contributed by atoms with Gasteiger partial charge in [-0.05, 0) is 32.5 Å². The monoisotopic (exact) mass is 443 g/mol. The van der Waals surface area contributed by atoms with Gasteiger partial charge in [0.1, 0.15) is 12.0 Å². The fourth-order valence-electron chi connectivity index (χ4n) is 2.90. The number of aliphatic carboxylic acids is 1. The van der Waals surface area contributed by atoms with Gasteiger partial charge in [-0.1, -0.05) is 5.21 Å². The first-order valence-electron chi connectivity index (χ1n) is 9.45. The number of carboxylic acid groups (broad SMARTS) is 1. The van der Waals surface area contributed by atoms with E-state index in [1.165, 1.54) is 6.33 Å². The molecule has 0 bridgehead atoms. The second-order valence-corrected chi connectivity index (χ2v) is 7.16. The molecule has 10 nitrogen and oxygen atoms in total. The average Bonchev–Trinajstić information content (AvgIpc) is 2.94. The predicted molar refractivity (Wildman–Crippen MR) is 101 cm³/mol. The fraction of sp³-hybridized carbons (Fsp3) is 0.556. The van der Waals surface area contributed by atoms with Crippen LogP contribution in [0.1, 0.15) is 29.8 Å². The molecule has 1 aliphatic rings. The third-order valence-electron chi connectivity index (χ3n) is 4.36. The molecule has 0 saturated heterocycles. The van der Waals surface area contributed by atoms with E-state index in [4.69, 9.17) is 9.90 Å². The molecule has 3 rings (SSSR count). The summed E-state index contributed by atoms with van der Waals surface area (Å²) in [6.45, 7) is 2.89. The Labute approximate surface area is 176 Å². The first-order chi connectivity index (χ1) is 14.6. The molecule has 2 aromatic heterocycles. The number of aromatic nitrogens is 5. The summed E-state index contributed by atoms with van der Waals surface area (Å²) in [6.07, 6.45) is 1.97. The molecule has 0 unspecified atom stereocenters. The number of halogens is 3. The minimum absolute atomic E-state index is 0.157. The van der Waals surface area contributed by atoms with Crippen molar-refractivity contribution in [2.24, 2.45) is 0 Å². The summed E-state index contributed by atoms with van der Waals surface area (Å²) in [4.78, 5) is 33.5. The van der Waals surface area contributed by atoms with Gasteiger partial charge < -0.3 is 14.9 Å². The maximum atomic E-state index is 12.6. The molecule has 13 heteroatoms. The Balaban J connectivity index is 0.000000423. The van der Waals surface area contributed by atoms with Crippen LogP contribution in [-0.4, -0.2) is 78.6 Å².